The van der Waals surface area contributed by atoms with Crippen LogP contribution in [0.15, 0.2) is 12.2 Å². The van der Waals surface area contributed by atoms with E-state index in [4.69, 9.17) is 9.47 Å². The van der Waals surface area contributed by atoms with E-state index >= 15 is 0 Å². The van der Waals surface area contributed by atoms with Crippen molar-refractivity contribution in [2.75, 3.05) is 0 Å². The van der Waals surface area contributed by atoms with Gasteiger partial charge in [0, 0.05) is 17.8 Å². The first-order chi connectivity index (χ1) is 16.6. The van der Waals surface area contributed by atoms with Crippen LogP contribution < -0.4 is 0 Å². The molecular weight excluding hydrogens is 464 g/mol. The molecule has 3 aliphatic heterocycles. The summed E-state index contributed by atoms with van der Waals surface area (Å²) in [5.74, 6) is -1.32. The number of aliphatic hydroxyl groups excluding tert-OH is 1. The monoisotopic (exact) mass is 502 g/mol. The summed E-state index contributed by atoms with van der Waals surface area (Å²) < 4.78 is 11.9. The maximum Gasteiger partial charge on any atom is 0.315 e. The minimum Gasteiger partial charge on any atom is -0.461 e. The number of ketones is 1. The average Bonchev–Trinajstić information content (AvgIpc) is 3.50. The maximum atomic E-state index is 13.4. The van der Waals surface area contributed by atoms with Gasteiger partial charge in [-0.25, -0.2) is 0 Å². The third-order valence-electron chi connectivity index (χ3n) is 13.2. The van der Waals surface area contributed by atoms with Crippen molar-refractivity contribution < 1.29 is 39.5 Å². The van der Waals surface area contributed by atoms with Gasteiger partial charge in [0.05, 0.1) is 33.7 Å². The predicted octanol–water partition coefficient (Wildman–Crippen LogP) is 1.41. The molecule has 3 heterocycles. The topological polar surface area (TPSA) is 137 Å². The van der Waals surface area contributed by atoms with Gasteiger partial charge >= 0.3 is 5.97 Å². The summed E-state index contributed by atoms with van der Waals surface area (Å²) in [5, 5.41) is 47.0. The fourth-order valence-electron chi connectivity index (χ4n) is 10.5. The molecule has 2 bridgehead atoms. The molecule has 36 heavy (non-hydrogen) atoms. The molecular formula is C28H38O8. The second-order valence-corrected chi connectivity index (χ2v) is 14.0. The lowest BCUT2D eigenvalue weighted by Crippen LogP contribution is -2.73. The van der Waals surface area contributed by atoms with Crippen molar-refractivity contribution in [2.45, 2.75) is 113 Å². The number of aliphatic hydroxyl groups is 4. The lowest BCUT2D eigenvalue weighted by Gasteiger charge is -2.65. The average molecular weight is 503 g/mol. The predicted molar refractivity (Wildman–Crippen MR) is 125 cm³/mol. The largest absolute Gasteiger partial charge is 0.461 e. The van der Waals surface area contributed by atoms with E-state index in [9.17, 15) is 30.0 Å². The highest BCUT2D eigenvalue weighted by atomic mass is 16.6. The lowest BCUT2D eigenvalue weighted by molar-refractivity contribution is -0.282. The van der Waals surface area contributed by atoms with E-state index in [2.05, 4.69) is 0 Å². The van der Waals surface area contributed by atoms with E-state index in [-0.39, 0.29) is 30.1 Å². The van der Waals surface area contributed by atoms with Gasteiger partial charge in [0.15, 0.2) is 5.78 Å². The molecule has 1 spiro atoms. The van der Waals surface area contributed by atoms with Crippen molar-refractivity contribution in [2.24, 2.45) is 34.0 Å². The smallest absolute Gasteiger partial charge is 0.315 e. The second kappa shape index (κ2) is 6.28. The minimum absolute atomic E-state index is 0.0582. The van der Waals surface area contributed by atoms with Gasteiger partial charge < -0.3 is 29.9 Å². The molecule has 8 aliphatic rings. The van der Waals surface area contributed by atoms with Crippen LogP contribution in [0.2, 0.25) is 0 Å². The van der Waals surface area contributed by atoms with Gasteiger partial charge in [-0.2, -0.15) is 0 Å². The Hall–Kier alpha value is -1.32. The second-order valence-electron chi connectivity index (χ2n) is 14.0. The number of esters is 1. The fourth-order valence-corrected chi connectivity index (χ4v) is 10.5. The van der Waals surface area contributed by atoms with E-state index in [0.717, 1.165) is 0 Å². The summed E-state index contributed by atoms with van der Waals surface area (Å²) >= 11 is 0. The Kier molecular flexibility index (Phi) is 4.15. The zero-order valence-corrected chi connectivity index (χ0v) is 21.5. The number of allylic oxidation sites excluding steroid dienone is 1. The number of hydrogen-bond acceptors (Lipinski definition) is 8. The number of ether oxygens (including phenoxy) is 2. The van der Waals surface area contributed by atoms with E-state index in [1.807, 2.05) is 13.8 Å². The molecule has 0 radical (unpaired) electrons. The summed E-state index contributed by atoms with van der Waals surface area (Å²) in [6.07, 6.45) is 4.22. The summed E-state index contributed by atoms with van der Waals surface area (Å²) in [4.78, 5) is 26.1. The van der Waals surface area contributed by atoms with Gasteiger partial charge in [0.2, 0.25) is 0 Å². The summed E-state index contributed by atoms with van der Waals surface area (Å²) in [6, 6.07) is 0. The highest BCUT2D eigenvalue weighted by Crippen LogP contribution is 2.75. The Balaban J connectivity index is 1.28. The van der Waals surface area contributed by atoms with Crippen LogP contribution in [0, 0.1) is 34.0 Å². The Morgan fingerprint density at radius 3 is 2.25 bits per heavy atom. The molecule has 8 heteroatoms. The van der Waals surface area contributed by atoms with Crippen LogP contribution in [0.25, 0.3) is 0 Å². The van der Waals surface area contributed by atoms with Gasteiger partial charge in [-0.3, -0.25) is 9.59 Å². The molecule has 8 nitrogen and oxygen atoms in total. The van der Waals surface area contributed by atoms with Crippen LogP contribution in [-0.4, -0.2) is 72.9 Å². The van der Waals surface area contributed by atoms with Crippen LogP contribution in [0.5, 0.6) is 0 Å². The van der Waals surface area contributed by atoms with Crippen LogP contribution in [0.4, 0.5) is 0 Å². The molecule has 13 unspecified atom stereocenters. The SMILES string of the molecule is CC1(O)CC2OC(=O)C1(C)CC2C1(O)CCC2(O)C3CC4OC45C(O)C=CC(=O)C5(C)C3CCC12C. The van der Waals surface area contributed by atoms with Crippen molar-refractivity contribution >= 4 is 11.8 Å². The van der Waals surface area contributed by atoms with Gasteiger partial charge in [0.25, 0.3) is 0 Å². The third kappa shape index (κ3) is 2.14. The normalized spacial score (nSPS) is 64.8. The van der Waals surface area contributed by atoms with Gasteiger partial charge in [-0.05, 0) is 83.3 Å². The Labute approximate surface area is 211 Å². The summed E-state index contributed by atoms with van der Waals surface area (Å²) in [6.45, 7) is 7.26. The van der Waals surface area contributed by atoms with Crippen LogP contribution in [0.3, 0.4) is 0 Å². The molecule has 13 atom stereocenters. The molecule has 0 aromatic heterocycles. The van der Waals surface area contributed by atoms with Gasteiger partial charge in [-0.15, -0.1) is 0 Å². The molecule has 3 saturated heterocycles. The number of hydrogen-bond donors (Lipinski definition) is 4. The highest BCUT2D eigenvalue weighted by molar-refractivity contribution is 5.98. The molecule has 5 aliphatic carbocycles. The number of fused-ring (bicyclic) bond motifs is 7. The molecule has 4 N–H and O–H groups in total. The number of carbonyl (C=O) groups is 2. The summed E-state index contributed by atoms with van der Waals surface area (Å²) in [7, 11) is 0. The summed E-state index contributed by atoms with van der Waals surface area (Å²) in [5.41, 5.74) is -7.59. The lowest BCUT2D eigenvalue weighted by atomic mass is 9.41. The molecule has 0 aromatic carbocycles. The first-order valence-electron chi connectivity index (χ1n) is 13.6. The molecule has 4 saturated carbocycles. The van der Waals surface area contributed by atoms with Crippen molar-refractivity contribution in [1.29, 1.82) is 0 Å². The highest BCUT2D eigenvalue weighted by Gasteiger charge is 2.84. The third-order valence-corrected chi connectivity index (χ3v) is 13.2. The number of epoxide rings is 1. The van der Waals surface area contributed by atoms with Gasteiger partial charge in [-0.1, -0.05) is 6.92 Å². The van der Waals surface area contributed by atoms with Crippen LogP contribution in [0.1, 0.15) is 72.6 Å². The van der Waals surface area contributed by atoms with E-state index in [1.54, 1.807) is 13.8 Å². The zero-order chi connectivity index (χ0) is 25.9. The van der Waals surface area contributed by atoms with Crippen LogP contribution in [-0.2, 0) is 19.1 Å². The first-order valence-corrected chi connectivity index (χ1v) is 13.6. The van der Waals surface area contributed by atoms with E-state index in [1.165, 1.54) is 12.2 Å². The Bertz CT molecular complexity index is 1120. The first kappa shape index (κ1) is 23.8. The minimum atomic E-state index is -1.29. The van der Waals surface area contributed by atoms with Crippen molar-refractivity contribution in [3.63, 3.8) is 0 Å². The quantitative estimate of drug-likeness (QED) is 0.312. The molecule has 0 amide bonds. The fraction of sp³-hybridized carbons (Fsp3) is 0.857. The van der Waals surface area contributed by atoms with Crippen LogP contribution >= 0.6 is 0 Å². The number of carbonyl (C=O) groups excluding carboxylic acids is 2. The van der Waals surface area contributed by atoms with Gasteiger partial charge in [0.1, 0.15) is 17.8 Å². The van der Waals surface area contributed by atoms with Crippen molar-refractivity contribution in [1.82, 2.24) is 0 Å². The Morgan fingerprint density at radius 2 is 1.58 bits per heavy atom. The maximum absolute atomic E-state index is 13.4. The van der Waals surface area contributed by atoms with Crippen molar-refractivity contribution in [3.8, 4) is 0 Å². The molecule has 7 fully saturated rings. The Morgan fingerprint density at radius 1 is 0.917 bits per heavy atom. The van der Waals surface area contributed by atoms with E-state index in [0.29, 0.717) is 38.5 Å². The molecule has 198 valence electrons. The number of rotatable bonds is 1. The zero-order valence-electron chi connectivity index (χ0n) is 21.5. The molecule has 8 rings (SSSR count). The van der Waals surface area contributed by atoms with Crippen molar-refractivity contribution in [3.05, 3.63) is 12.2 Å². The van der Waals surface area contributed by atoms with E-state index < -0.39 is 62.7 Å². The molecule has 0 aromatic rings. The standard InChI is InChI=1S/C28H38O8/c1-22-12-16(17(35-21(22)31)13-24(22,3)32)27(34)10-9-26(33)15-11-20-28(36-20)19(30)6-5-18(29)25(28,4)14(15)7-8-23(26,27)2/h5-6,14-17,19-20,30,32-34H,7-13H2,1-4H3.